The van der Waals surface area contributed by atoms with Gasteiger partial charge in [0.15, 0.2) is 0 Å². The maximum absolute atomic E-state index is 5.74. The normalized spacial score (nSPS) is 13.1. The Hall–Kier alpha value is -1.18. The van der Waals surface area contributed by atoms with Crippen molar-refractivity contribution < 1.29 is 4.74 Å². The maximum Gasteiger partial charge on any atom is 0.137 e. The molecule has 0 amide bonds. The Morgan fingerprint density at radius 3 is 1.93 bits per heavy atom. The lowest BCUT2D eigenvalue weighted by molar-refractivity contribution is 0.299. The first-order valence-corrected chi connectivity index (χ1v) is 4.96. The van der Waals surface area contributed by atoms with Gasteiger partial charge in [0.25, 0.3) is 0 Å². The Balaban J connectivity index is 0. The topological polar surface area (TPSA) is 35.2 Å². The van der Waals surface area contributed by atoms with Crippen LogP contribution in [0.1, 0.15) is 34.6 Å². The molecular weight excluding hydrogens is 174 g/mol. The molecule has 0 spiro atoms. The zero-order chi connectivity index (χ0) is 11.6. The average Bonchev–Trinajstić information content (AvgIpc) is 2.22. The first-order chi connectivity index (χ1) is 6.65. The van der Waals surface area contributed by atoms with Crippen LogP contribution in [0.3, 0.4) is 0 Å². The van der Waals surface area contributed by atoms with Gasteiger partial charge in [-0.1, -0.05) is 25.5 Å². The maximum atomic E-state index is 5.74. The summed E-state index contributed by atoms with van der Waals surface area (Å²) in [5.41, 5.74) is 7.53. The predicted molar refractivity (Wildman–Crippen MR) is 63.8 cm³/mol. The Kier molecular flexibility index (Phi) is 10.8. The van der Waals surface area contributed by atoms with E-state index in [-0.39, 0.29) is 0 Å². The number of hydrogen-bond donors (Lipinski definition) is 1. The molecule has 0 bridgehead atoms. The lowest BCUT2D eigenvalue weighted by Crippen LogP contribution is -2.02. The van der Waals surface area contributed by atoms with Crippen LogP contribution in [0.15, 0.2) is 35.3 Å². The highest BCUT2D eigenvalue weighted by Gasteiger charge is 1.97. The van der Waals surface area contributed by atoms with Crippen molar-refractivity contribution in [3.05, 3.63) is 35.3 Å². The van der Waals surface area contributed by atoms with Gasteiger partial charge in [-0.05, 0) is 32.9 Å². The smallest absolute Gasteiger partial charge is 0.137 e. The number of nitrogens with two attached hydrogens (primary N) is 1. The van der Waals surface area contributed by atoms with E-state index in [2.05, 4.69) is 0 Å². The summed E-state index contributed by atoms with van der Waals surface area (Å²) >= 11 is 0. The van der Waals surface area contributed by atoms with Crippen LogP contribution < -0.4 is 5.73 Å². The molecule has 0 unspecified atom stereocenters. The zero-order valence-corrected chi connectivity index (χ0v) is 10.2. The van der Waals surface area contributed by atoms with Crippen molar-refractivity contribution in [2.24, 2.45) is 5.73 Å². The van der Waals surface area contributed by atoms with Crippen LogP contribution in [0.4, 0.5) is 0 Å². The molecule has 2 nitrogen and oxygen atoms in total. The lowest BCUT2D eigenvalue weighted by Gasteiger charge is -2.05. The van der Waals surface area contributed by atoms with Crippen molar-refractivity contribution in [2.75, 3.05) is 7.11 Å². The van der Waals surface area contributed by atoms with E-state index in [1.54, 1.807) is 7.11 Å². The third-order valence-electron chi connectivity index (χ3n) is 1.61. The molecule has 0 rings (SSSR count). The van der Waals surface area contributed by atoms with Crippen molar-refractivity contribution in [3.8, 4) is 0 Å². The van der Waals surface area contributed by atoms with E-state index >= 15 is 0 Å². The summed E-state index contributed by atoms with van der Waals surface area (Å²) < 4.78 is 5.05. The number of methoxy groups -OCH3 is 1. The summed E-state index contributed by atoms with van der Waals surface area (Å²) in [6.45, 7) is 9.86. The molecule has 0 saturated carbocycles. The second-order valence-corrected chi connectivity index (χ2v) is 2.49. The second kappa shape index (κ2) is 9.90. The molecule has 0 aliphatic rings. The van der Waals surface area contributed by atoms with Crippen LogP contribution >= 0.6 is 0 Å². The predicted octanol–water partition coefficient (Wildman–Crippen LogP) is 3.37. The number of hydrogen-bond acceptors (Lipinski definition) is 2. The molecule has 0 fully saturated rings. The molecule has 0 aromatic rings. The third-order valence-corrected chi connectivity index (χ3v) is 1.61. The van der Waals surface area contributed by atoms with Gasteiger partial charge >= 0.3 is 0 Å². The van der Waals surface area contributed by atoms with E-state index < -0.39 is 0 Å². The molecule has 0 aliphatic heterocycles. The summed E-state index contributed by atoms with van der Waals surface area (Å²) in [6, 6.07) is 0. The molecule has 14 heavy (non-hydrogen) atoms. The summed E-state index contributed by atoms with van der Waals surface area (Å²) in [6.07, 6.45) is 5.73. The van der Waals surface area contributed by atoms with Crippen molar-refractivity contribution in [1.29, 1.82) is 0 Å². The van der Waals surface area contributed by atoms with E-state index in [1.165, 1.54) is 0 Å². The van der Waals surface area contributed by atoms with Gasteiger partial charge in [0.1, 0.15) is 5.76 Å². The Bertz CT molecular complexity index is 224. The van der Waals surface area contributed by atoms with Crippen LogP contribution in [0.5, 0.6) is 0 Å². The number of rotatable bonds is 3. The van der Waals surface area contributed by atoms with Crippen LogP contribution in [0.2, 0.25) is 0 Å². The van der Waals surface area contributed by atoms with Gasteiger partial charge in [-0.25, -0.2) is 0 Å². The fourth-order valence-corrected chi connectivity index (χ4v) is 0.802. The first-order valence-electron chi connectivity index (χ1n) is 4.96. The van der Waals surface area contributed by atoms with Crippen molar-refractivity contribution in [1.82, 2.24) is 0 Å². The largest absolute Gasteiger partial charge is 0.495 e. The van der Waals surface area contributed by atoms with Gasteiger partial charge < -0.3 is 10.5 Å². The van der Waals surface area contributed by atoms with Gasteiger partial charge in [0.05, 0.1) is 12.8 Å². The molecule has 0 atom stereocenters. The standard InChI is InChI=1S/C10H17NO.C2H6/c1-5-8(3)7-9(11)10(6-2)12-4;1-2/h5-7H,11H2,1-4H3;1-2H3/b8-5-,9-7+,10-6+;. The Morgan fingerprint density at radius 1 is 1.14 bits per heavy atom. The minimum absolute atomic E-state index is 0.663. The summed E-state index contributed by atoms with van der Waals surface area (Å²) in [4.78, 5) is 0. The Labute approximate surface area is 88.1 Å². The number of ether oxygens (including phenoxy) is 1. The minimum Gasteiger partial charge on any atom is -0.495 e. The van der Waals surface area contributed by atoms with Gasteiger partial charge in [-0.2, -0.15) is 0 Å². The molecule has 2 heteroatoms. The summed E-state index contributed by atoms with van der Waals surface area (Å²) in [5.74, 6) is 0.719. The fourth-order valence-electron chi connectivity index (χ4n) is 0.802. The van der Waals surface area contributed by atoms with E-state index in [4.69, 9.17) is 10.5 Å². The quantitative estimate of drug-likeness (QED) is 0.556. The SMILES string of the molecule is CC.C\C=C(C)/C=C(N)\C(=C/C)OC. The van der Waals surface area contributed by atoms with Crippen molar-refractivity contribution in [2.45, 2.75) is 34.6 Å². The molecule has 2 N–H and O–H groups in total. The van der Waals surface area contributed by atoms with E-state index in [1.807, 2.05) is 52.8 Å². The average molecular weight is 197 g/mol. The van der Waals surface area contributed by atoms with Crippen molar-refractivity contribution in [3.63, 3.8) is 0 Å². The van der Waals surface area contributed by atoms with E-state index in [0.29, 0.717) is 5.70 Å². The lowest BCUT2D eigenvalue weighted by atomic mass is 10.2. The highest BCUT2D eigenvalue weighted by atomic mass is 16.5. The molecule has 0 aromatic carbocycles. The van der Waals surface area contributed by atoms with Crippen LogP contribution in [-0.4, -0.2) is 7.11 Å². The van der Waals surface area contributed by atoms with E-state index in [9.17, 15) is 0 Å². The van der Waals surface area contributed by atoms with Gasteiger partial charge in [0.2, 0.25) is 0 Å². The van der Waals surface area contributed by atoms with Gasteiger partial charge in [0, 0.05) is 0 Å². The van der Waals surface area contributed by atoms with Gasteiger partial charge in [-0.15, -0.1) is 0 Å². The Morgan fingerprint density at radius 2 is 1.64 bits per heavy atom. The second-order valence-electron chi connectivity index (χ2n) is 2.49. The van der Waals surface area contributed by atoms with Crippen LogP contribution in [-0.2, 0) is 4.74 Å². The molecule has 0 aromatic heterocycles. The van der Waals surface area contributed by atoms with E-state index in [0.717, 1.165) is 11.3 Å². The molecule has 0 radical (unpaired) electrons. The highest BCUT2D eigenvalue weighted by Crippen LogP contribution is 2.07. The van der Waals surface area contributed by atoms with Crippen LogP contribution in [0, 0.1) is 0 Å². The third kappa shape index (κ3) is 6.35. The molecule has 0 aliphatic carbocycles. The minimum atomic E-state index is 0.663. The first kappa shape index (κ1) is 15.3. The fraction of sp³-hybridized carbons (Fsp3) is 0.500. The van der Waals surface area contributed by atoms with Crippen LogP contribution in [0.25, 0.3) is 0 Å². The molecular formula is C12H23NO. The highest BCUT2D eigenvalue weighted by molar-refractivity contribution is 5.30. The summed E-state index contributed by atoms with van der Waals surface area (Å²) in [7, 11) is 1.61. The summed E-state index contributed by atoms with van der Waals surface area (Å²) in [5, 5.41) is 0. The monoisotopic (exact) mass is 197 g/mol. The molecule has 0 saturated heterocycles. The zero-order valence-electron chi connectivity index (χ0n) is 10.2. The molecule has 0 heterocycles. The number of allylic oxidation sites excluding steroid dienone is 4. The van der Waals surface area contributed by atoms with Crippen molar-refractivity contribution >= 4 is 0 Å². The molecule has 82 valence electrons. The van der Waals surface area contributed by atoms with Gasteiger partial charge in [-0.3, -0.25) is 0 Å².